The second-order valence-corrected chi connectivity index (χ2v) is 5.55. The zero-order chi connectivity index (χ0) is 14.4. The highest BCUT2D eigenvalue weighted by Gasteiger charge is 2.14. The van der Waals surface area contributed by atoms with E-state index in [1.165, 1.54) is 19.3 Å². The maximum atomic E-state index is 12.0. The van der Waals surface area contributed by atoms with Crippen LogP contribution >= 0.6 is 11.6 Å². The molecule has 20 heavy (non-hydrogen) atoms. The Kier molecular flexibility index (Phi) is 5.68. The lowest BCUT2D eigenvalue weighted by atomic mass is 9.98. The molecule has 1 aliphatic rings. The van der Waals surface area contributed by atoms with E-state index in [9.17, 15) is 4.79 Å². The molecular weight excluding hydrogens is 276 g/mol. The summed E-state index contributed by atoms with van der Waals surface area (Å²) in [5, 5.41) is 3.31. The molecule has 5 heteroatoms. The number of halogens is 1. The number of benzene rings is 1. The number of amides is 1. The summed E-state index contributed by atoms with van der Waals surface area (Å²) >= 11 is 5.86. The van der Waals surface area contributed by atoms with Crippen LogP contribution in [0.2, 0.25) is 5.02 Å². The lowest BCUT2D eigenvalue weighted by Gasteiger charge is -2.22. The number of nitrogens with two attached hydrogens (primary N) is 1. The van der Waals surface area contributed by atoms with Crippen LogP contribution < -0.4 is 11.1 Å². The van der Waals surface area contributed by atoms with Gasteiger partial charge in [0.1, 0.15) is 0 Å². The molecule has 0 saturated heterocycles. The van der Waals surface area contributed by atoms with Crippen molar-refractivity contribution in [1.29, 1.82) is 0 Å². The number of nitrogens with one attached hydrogen (secondary N) is 1. The first-order valence-corrected chi connectivity index (χ1v) is 7.49. The highest BCUT2D eigenvalue weighted by atomic mass is 35.5. The number of carbonyl (C=O) groups is 1. The molecule has 0 unspecified atom stereocenters. The minimum absolute atomic E-state index is 0.211. The fraction of sp³-hybridized carbons (Fsp3) is 0.533. The van der Waals surface area contributed by atoms with E-state index in [0.717, 1.165) is 12.8 Å². The van der Waals surface area contributed by atoms with Crippen molar-refractivity contribution in [2.45, 2.75) is 38.2 Å². The van der Waals surface area contributed by atoms with Crippen LogP contribution in [0, 0.1) is 0 Å². The molecule has 1 aromatic rings. The summed E-state index contributed by atoms with van der Waals surface area (Å²) in [5.74, 6) is -0.211. The van der Waals surface area contributed by atoms with Crippen LogP contribution in [0.3, 0.4) is 0 Å². The maximum Gasteiger partial charge on any atom is 0.253 e. The molecular formula is C15H21ClN2O2. The van der Waals surface area contributed by atoms with Crippen molar-refractivity contribution in [3.63, 3.8) is 0 Å². The van der Waals surface area contributed by atoms with E-state index >= 15 is 0 Å². The van der Waals surface area contributed by atoms with Crippen molar-refractivity contribution in [3.8, 4) is 0 Å². The van der Waals surface area contributed by atoms with Crippen molar-refractivity contribution in [2.75, 3.05) is 18.9 Å². The first-order valence-electron chi connectivity index (χ1n) is 7.11. The van der Waals surface area contributed by atoms with Crippen molar-refractivity contribution < 1.29 is 9.53 Å². The third-order valence-corrected chi connectivity index (χ3v) is 3.79. The summed E-state index contributed by atoms with van der Waals surface area (Å²) in [7, 11) is 0. The van der Waals surface area contributed by atoms with Gasteiger partial charge in [0.2, 0.25) is 0 Å². The van der Waals surface area contributed by atoms with Crippen molar-refractivity contribution in [2.24, 2.45) is 0 Å². The summed E-state index contributed by atoms with van der Waals surface area (Å²) in [5.41, 5.74) is 6.60. The van der Waals surface area contributed by atoms with Crippen molar-refractivity contribution in [1.82, 2.24) is 5.32 Å². The van der Waals surface area contributed by atoms with Gasteiger partial charge in [-0.1, -0.05) is 30.9 Å². The molecule has 0 atom stereocenters. The summed E-state index contributed by atoms with van der Waals surface area (Å²) in [4.78, 5) is 12.0. The van der Waals surface area contributed by atoms with Crippen LogP contribution in [-0.2, 0) is 4.74 Å². The van der Waals surface area contributed by atoms with E-state index in [1.54, 1.807) is 18.2 Å². The number of hydrogen-bond donors (Lipinski definition) is 2. The van der Waals surface area contributed by atoms with Gasteiger partial charge in [-0.25, -0.2) is 0 Å². The van der Waals surface area contributed by atoms with Gasteiger partial charge in [0, 0.05) is 17.3 Å². The Labute approximate surface area is 124 Å². The molecule has 1 fully saturated rings. The Morgan fingerprint density at radius 2 is 2.10 bits per heavy atom. The first-order chi connectivity index (χ1) is 9.66. The van der Waals surface area contributed by atoms with Crippen molar-refractivity contribution >= 4 is 23.2 Å². The lowest BCUT2D eigenvalue weighted by molar-refractivity contribution is 0.0299. The Morgan fingerprint density at radius 3 is 2.85 bits per heavy atom. The molecule has 1 saturated carbocycles. The molecule has 0 aromatic heterocycles. The zero-order valence-electron chi connectivity index (χ0n) is 11.5. The van der Waals surface area contributed by atoms with E-state index in [0.29, 0.717) is 35.5 Å². The molecule has 0 radical (unpaired) electrons. The number of carbonyl (C=O) groups excluding carboxylic acids is 1. The summed E-state index contributed by atoms with van der Waals surface area (Å²) in [6.07, 6.45) is 6.43. The van der Waals surface area contributed by atoms with Crippen LogP contribution in [0.1, 0.15) is 42.5 Å². The van der Waals surface area contributed by atoms with Crippen molar-refractivity contribution in [3.05, 3.63) is 28.8 Å². The average Bonchev–Trinajstić information content (AvgIpc) is 2.47. The maximum absolute atomic E-state index is 12.0. The summed E-state index contributed by atoms with van der Waals surface area (Å²) in [6, 6.07) is 4.88. The molecule has 3 N–H and O–H groups in total. The second kappa shape index (κ2) is 7.50. The zero-order valence-corrected chi connectivity index (χ0v) is 12.3. The minimum Gasteiger partial charge on any atom is -0.398 e. The second-order valence-electron chi connectivity index (χ2n) is 5.12. The van der Waals surface area contributed by atoms with Gasteiger partial charge in [0.15, 0.2) is 0 Å². The molecule has 4 nitrogen and oxygen atoms in total. The number of anilines is 1. The van der Waals surface area contributed by atoms with E-state index in [-0.39, 0.29) is 5.91 Å². The Morgan fingerprint density at radius 1 is 1.35 bits per heavy atom. The fourth-order valence-electron chi connectivity index (χ4n) is 2.44. The van der Waals surface area contributed by atoms with Gasteiger partial charge in [0.05, 0.1) is 18.3 Å². The molecule has 0 aliphatic heterocycles. The fourth-order valence-corrected chi connectivity index (χ4v) is 2.61. The lowest BCUT2D eigenvalue weighted by Crippen LogP contribution is -2.29. The van der Waals surface area contributed by atoms with Gasteiger partial charge in [-0.15, -0.1) is 0 Å². The van der Waals surface area contributed by atoms with Crippen LogP contribution in [0.5, 0.6) is 0 Å². The van der Waals surface area contributed by atoms with Crippen LogP contribution in [0.25, 0.3) is 0 Å². The normalized spacial score (nSPS) is 16.1. The number of nitrogen functional groups attached to an aromatic ring is 1. The predicted octanol–water partition coefficient (Wildman–Crippen LogP) is 3.00. The highest BCUT2D eigenvalue weighted by molar-refractivity contribution is 6.31. The molecule has 1 aliphatic carbocycles. The van der Waals surface area contributed by atoms with Gasteiger partial charge in [-0.2, -0.15) is 0 Å². The molecule has 1 aromatic carbocycles. The third-order valence-electron chi connectivity index (χ3n) is 3.55. The molecule has 0 bridgehead atoms. The average molecular weight is 297 g/mol. The number of ether oxygens (including phenoxy) is 1. The van der Waals surface area contributed by atoms with Gasteiger partial charge < -0.3 is 15.8 Å². The van der Waals surface area contributed by atoms with Crippen LogP contribution in [0.4, 0.5) is 5.69 Å². The number of rotatable bonds is 5. The minimum atomic E-state index is -0.211. The molecule has 0 heterocycles. The monoisotopic (exact) mass is 296 g/mol. The van der Waals surface area contributed by atoms with Gasteiger partial charge in [-0.3, -0.25) is 4.79 Å². The standard InChI is InChI=1S/C15H21ClN2O2/c16-11-6-7-14(17)13(10-11)15(19)18-8-9-20-12-4-2-1-3-5-12/h6-7,10,12H,1-5,8-9,17H2,(H,18,19). The Balaban J connectivity index is 1.73. The van der Waals surface area contributed by atoms with Crippen LogP contribution in [-0.4, -0.2) is 25.2 Å². The predicted molar refractivity (Wildman–Crippen MR) is 81.0 cm³/mol. The van der Waals surface area contributed by atoms with E-state index in [1.807, 2.05) is 0 Å². The SMILES string of the molecule is Nc1ccc(Cl)cc1C(=O)NCCOC1CCCCC1. The first kappa shape index (κ1) is 15.1. The van der Waals surface area contributed by atoms with Crippen LogP contribution in [0.15, 0.2) is 18.2 Å². The third kappa shape index (κ3) is 4.39. The topological polar surface area (TPSA) is 64.4 Å². The highest BCUT2D eigenvalue weighted by Crippen LogP contribution is 2.20. The van der Waals surface area contributed by atoms with E-state index in [4.69, 9.17) is 22.1 Å². The smallest absolute Gasteiger partial charge is 0.253 e. The van der Waals surface area contributed by atoms with Gasteiger partial charge in [-0.05, 0) is 31.0 Å². The van der Waals surface area contributed by atoms with Gasteiger partial charge in [0.25, 0.3) is 5.91 Å². The quantitative estimate of drug-likeness (QED) is 0.648. The van der Waals surface area contributed by atoms with Gasteiger partial charge >= 0.3 is 0 Å². The molecule has 0 spiro atoms. The Bertz CT molecular complexity index is 459. The molecule has 1 amide bonds. The van der Waals surface area contributed by atoms with E-state index < -0.39 is 0 Å². The largest absolute Gasteiger partial charge is 0.398 e. The molecule has 110 valence electrons. The van der Waals surface area contributed by atoms with E-state index in [2.05, 4.69) is 5.32 Å². The Hall–Kier alpha value is -1.26. The summed E-state index contributed by atoms with van der Waals surface area (Å²) < 4.78 is 5.75. The summed E-state index contributed by atoms with van der Waals surface area (Å²) in [6.45, 7) is 1.03. The number of hydrogen-bond acceptors (Lipinski definition) is 3. The molecule has 2 rings (SSSR count).